The summed E-state index contributed by atoms with van der Waals surface area (Å²) in [6, 6.07) is 35.0. The van der Waals surface area contributed by atoms with E-state index in [9.17, 15) is 0 Å². The molecule has 0 fully saturated rings. The second kappa shape index (κ2) is 11.3. The first-order valence-electron chi connectivity index (χ1n) is 12.2. The fraction of sp³-hybridized carbons (Fsp3) is 0.250. The van der Waals surface area contributed by atoms with Crippen molar-refractivity contribution in [1.29, 1.82) is 0 Å². The van der Waals surface area contributed by atoms with Crippen LogP contribution in [0.5, 0.6) is 0 Å². The molecule has 0 aliphatic rings. The standard InChI is InChI=1S/C32H36N2/c1-23-13-11-14-24(2)29(23)21-33-31(27-17-7-5-8-18-27)32(28-19-9-6-10-20-28)34-22-30-25(3)15-12-16-26(30)4/h5-20,31-34H,21-22H2,1-4H3. The number of nitrogens with one attached hydrogen (secondary N) is 2. The molecule has 0 bridgehead atoms. The number of benzene rings is 4. The third-order valence-electron chi connectivity index (χ3n) is 6.94. The normalized spacial score (nSPS) is 12.9. The molecule has 2 atom stereocenters. The van der Waals surface area contributed by atoms with Crippen molar-refractivity contribution in [3.63, 3.8) is 0 Å². The van der Waals surface area contributed by atoms with Crippen LogP contribution < -0.4 is 10.6 Å². The van der Waals surface area contributed by atoms with E-state index in [1.54, 1.807) is 0 Å². The summed E-state index contributed by atoms with van der Waals surface area (Å²) in [5.41, 5.74) is 10.7. The van der Waals surface area contributed by atoms with Crippen LogP contribution in [0.2, 0.25) is 0 Å². The lowest BCUT2D eigenvalue weighted by Gasteiger charge is -2.31. The maximum atomic E-state index is 3.94. The Bertz CT molecular complexity index is 1060. The second-order valence-electron chi connectivity index (χ2n) is 9.28. The van der Waals surface area contributed by atoms with Crippen LogP contribution >= 0.6 is 0 Å². The minimum atomic E-state index is 0.118. The van der Waals surface area contributed by atoms with Gasteiger partial charge in [0.2, 0.25) is 0 Å². The maximum absolute atomic E-state index is 3.94. The topological polar surface area (TPSA) is 24.1 Å². The van der Waals surface area contributed by atoms with Crippen molar-refractivity contribution in [3.8, 4) is 0 Å². The Morgan fingerprint density at radius 1 is 0.441 bits per heavy atom. The van der Waals surface area contributed by atoms with Crippen LogP contribution in [0.3, 0.4) is 0 Å². The van der Waals surface area contributed by atoms with Gasteiger partial charge in [-0.15, -0.1) is 0 Å². The lowest BCUT2D eigenvalue weighted by atomic mass is 9.92. The van der Waals surface area contributed by atoms with E-state index in [0.29, 0.717) is 0 Å². The number of aryl methyl sites for hydroxylation is 4. The largest absolute Gasteiger partial charge is 0.304 e. The molecule has 0 spiro atoms. The highest BCUT2D eigenvalue weighted by molar-refractivity contribution is 5.36. The highest BCUT2D eigenvalue weighted by atomic mass is 15.0. The van der Waals surface area contributed by atoms with Crippen molar-refractivity contribution in [2.75, 3.05) is 0 Å². The molecule has 0 saturated heterocycles. The Morgan fingerprint density at radius 3 is 1.09 bits per heavy atom. The SMILES string of the molecule is Cc1cccc(C)c1CNC(c1ccccc1)C(NCc1c(C)cccc1C)c1ccccc1. The van der Waals surface area contributed by atoms with E-state index in [1.807, 2.05) is 0 Å². The summed E-state index contributed by atoms with van der Waals surface area (Å²) >= 11 is 0. The summed E-state index contributed by atoms with van der Waals surface area (Å²) in [5.74, 6) is 0. The molecule has 174 valence electrons. The van der Waals surface area contributed by atoms with Gasteiger partial charge in [0.25, 0.3) is 0 Å². The molecular weight excluding hydrogens is 412 g/mol. The van der Waals surface area contributed by atoms with E-state index in [4.69, 9.17) is 0 Å². The molecular formula is C32H36N2. The first-order chi connectivity index (χ1) is 16.5. The zero-order chi connectivity index (χ0) is 23.9. The molecule has 2 heteroatoms. The minimum Gasteiger partial charge on any atom is -0.304 e. The summed E-state index contributed by atoms with van der Waals surface area (Å²) in [7, 11) is 0. The van der Waals surface area contributed by atoms with Crippen molar-refractivity contribution >= 4 is 0 Å². The van der Waals surface area contributed by atoms with Crippen LogP contribution in [0, 0.1) is 27.7 Å². The first kappa shape index (κ1) is 23.9. The number of rotatable bonds is 9. The van der Waals surface area contributed by atoms with Gasteiger partial charge in [-0.25, -0.2) is 0 Å². The van der Waals surface area contributed by atoms with E-state index in [0.717, 1.165) is 13.1 Å². The molecule has 2 unspecified atom stereocenters. The van der Waals surface area contributed by atoms with Gasteiger partial charge in [0.15, 0.2) is 0 Å². The molecule has 0 heterocycles. The van der Waals surface area contributed by atoms with Crippen LogP contribution in [-0.2, 0) is 13.1 Å². The van der Waals surface area contributed by atoms with E-state index < -0.39 is 0 Å². The molecule has 0 aliphatic carbocycles. The Kier molecular flexibility index (Phi) is 7.95. The lowest BCUT2D eigenvalue weighted by Crippen LogP contribution is -2.35. The third-order valence-corrected chi connectivity index (χ3v) is 6.94. The Morgan fingerprint density at radius 2 is 0.765 bits per heavy atom. The van der Waals surface area contributed by atoms with Gasteiger partial charge in [-0.3, -0.25) is 0 Å². The Labute approximate surface area is 205 Å². The highest BCUT2D eigenvalue weighted by Gasteiger charge is 2.25. The van der Waals surface area contributed by atoms with Crippen LogP contribution in [0.25, 0.3) is 0 Å². The van der Waals surface area contributed by atoms with Gasteiger partial charge < -0.3 is 10.6 Å². The molecule has 2 nitrogen and oxygen atoms in total. The maximum Gasteiger partial charge on any atom is 0.0521 e. The predicted octanol–water partition coefficient (Wildman–Crippen LogP) is 7.28. The van der Waals surface area contributed by atoms with Gasteiger partial charge in [-0.1, -0.05) is 97.1 Å². The van der Waals surface area contributed by atoms with Crippen molar-refractivity contribution < 1.29 is 0 Å². The quantitative estimate of drug-likeness (QED) is 0.281. The van der Waals surface area contributed by atoms with Gasteiger partial charge in [0, 0.05) is 13.1 Å². The summed E-state index contributed by atoms with van der Waals surface area (Å²) < 4.78 is 0. The second-order valence-corrected chi connectivity index (χ2v) is 9.28. The zero-order valence-electron chi connectivity index (χ0n) is 20.8. The summed E-state index contributed by atoms with van der Waals surface area (Å²) in [5, 5.41) is 7.87. The van der Waals surface area contributed by atoms with Crippen molar-refractivity contribution in [2.45, 2.75) is 52.9 Å². The van der Waals surface area contributed by atoms with Crippen molar-refractivity contribution in [1.82, 2.24) is 10.6 Å². The van der Waals surface area contributed by atoms with Gasteiger partial charge in [-0.05, 0) is 72.2 Å². The molecule has 4 aromatic carbocycles. The molecule has 2 N–H and O–H groups in total. The summed E-state index contributed by atoms with van der Waals surface area (Å²) in [4.78, 5) is 0. The van der Waals surface area contributed by atoms with E-state index in [-0.39, 0.29) is 12.1 Å². The van der Waals surface area contributed by atoms with Crippen molar-refractivity contribution in [3.05, 3.63) is 142 Å². The minimum absolute atomic E-state index is 0.118. The Balaban J connectivity index is 1.69. The fourth-order valence-corrected chi connectivity index (χ4v) is 4.86. The molecule has 0 saturated carbocycles. The van der Waals surface area contributed by atoms with Gasteiger partial charge in [0.05, 0.1) is 12.1 Å². The molecule has 4 aromatic rings. The van der Waals surface area contributed by atoms with Crippen LogP contribution in [-0.4, -0.2) is 0 Å². The summed E-state index contributed by atoms with van der Waals surface area (Å²) in [6.45, 7) is 10.5. The van der Waals surface area contributed by atoms with Gasteiger partial charge in [-0.2, -0.15) is 0 Å². The Hall–Kier alpha value is -3.20. The number of hydrogen-bond acceptors (Lipinski definition) is 2. The smallest absolute Gasteiger partial charge is 0.0521 e. The van der Waals surface area contributed by atoms with Gasteiger partial charge >= 0.3 is 0 Å². The first-order valence-corrected chi connectivity index (χ1v) is 12.2. The zero-order valence-corrected chi connectivity index (χ0v) is 20.8. The molecule has 34 heavy (non-hydrogen) atoms. The number of hydrogen-bond donors (Lipinski definition) is 2. The third kappa shape index (κ3) is 5.64. The molecule has 0 aliphatic heterocycles. The van der Waals surface area contributed by atoms with Crippen LogP contribution in [0.1, 0.15) is 56.6 Å². The van der Waals surface area contributed by atoms with E-state index in [1.165, 1.54) is 44.5 Å². The van der Waals surface area contributed by atoms with Crippen LogP contribution in [0.4, 0.5) is 0 Å². The average Bonchev–Trinajstić information content (AvgIpc) is 2.85. The van der Waals surface area contributed by atoms with Gasteiger partial charge in [0.1, 0.15) is 0 Å². The summed E-state index contributed by atoms with van der Waals surface area (Å²) in [6.07, 6.45) is 0. The molecule has 4 rings (SSSR count). The highest BCUT2D eigenvalue weighted by Crippen LogP contribution is 2.31. The predicted molar refractivity (Wildman–Crippen MR) is 144 cm³/mol. The van der Waals surface area contributed by atoms with E-state index in [2.05, 4.69) is 135 Å². The fourth-order valence-electron chi connectivity index (χ4n) is 4.86. The van der Waals surface area contributed by atoms with E-state index >= 15 is 0 Å². The monoisotopic (exact) mass is 448 g/mol. The lowest BCUT2D eigenvalue weighted by molar-refractivity contribution is 0.380. The molecule has 0 amide bonds. The average molecular weight is 449 g/mol. The van der Waals surface area contributed by atoms with Crippen molar-refractivity contribution in [2.24, 2.45) is 0 Å². The van der Waals surface area contributed by atoms with Crippen LogP contribution in [0.15, 0.2) is 97.1 Å². The molecule has 0 radical (unpaired) electrons. The molecule has 0 aromatic heterocycles.